The molecule has 0 atom stereocenters. The Balaban J connectivity index is 1.70. The number of carbonyl (C=O) groups is 1. The number of aryl methyl sites for hydroxylation is 2. The molecule has 0 aliphatic heterocycles. The zero-order valence-electron chi connectivity index (χ0n) is 17.3. The molecule has 1 aromatic carbocycles. The van der Waals surface area contributed by atoms with Gasteiger partial charge in [0.2, 0.25) is 10.0 Å². The second-order valence-electron chi connectivity index (χ2n) is 7.56. The van der Waals surface area contributed by atoms with Crippen LogP contribution in [0, 0.1) is 6.92 Å². The third kappa shape index (κ3) is 5.05. The minimum absolute atomic E-state index is 0.0692. The molecular formula is C21H29N3O3S2. The van der Waals surface area contributed by atoms with Gasteiger partial charge >= 0.3 is 0 Å². The van der Waals surface area contributed by atoms with Gasteiger partial charge in [0.05, 0.1) is 15.6 Å². The molecule has 1 N–H and O–H groups in total. The highest BCUT2D eigenvalue weighted by Crippen LogP contribution is 2.27. The zero-order chi connectivity index (χ0) is 21.0. The van der Waals surface area contributed by atoms with Crippen LogP contribution in [0.25, 0.3) is 0 Å². The van der Waals surface area contributed by atoms with Crippen molar-refractivity contribution in [2.45, 2.75) is 69.7 Å². The minimum atomic E-state index is -3.53. The first kappa shape index (κ1) is 21.9. The van der Waals surface area contributed by atoms with Gasteiger partial charge in [-0.25, -0.2) is 13.4 Å². The number of hydrogen-bond donors (Lipinski definition) is 1. The molecule has 1 aromatic heterocycles. The highest BCUT2D eigenvalue weighted by molar-refractivity contribution is 7.89. The van der Waals surface area contributed by atoms with Crippen molar-refractivity contribution in [1.29, 1.82) is 0 Å². The van der Waals surface area contributed by atoms with Crippen molar-refractivity contribution in [3.63, 3.8) is 0 Å². The normalized spacial score (nSPS) is 15.6. The van der Waals surface area contributed by atoms with Gasteiger partial charge in [0, 0.05) is 18.8 Å². The topological polar surface area (TPSA) is 79.4 Å². The maximum atomic E-state index is 12.9. The van der Waals surface area contributed by atoms with Crippen LogP contribution in [0.2, 0.25) is 0 Å². The number of carbonyl (C=O) groups excluding carboxylic acids is 1. The molecule has 1 aliphatic carbocycles. The Labute approximate surface area is 177 Å². The summed E-state index contributed by atoms with van der Waals surface area (Å²) in [7, 11) is -1.86. The van der Waals surface area contributed by atoms with E-state index < -0.39 is 10.0 Å². The van der Waals surface area contributed by atoms with E-state index in [0.29, 0.717) is 10.6 Å². The first-order valence-electron chi connectivity index (χ1n) is 10.2. The van der Waals surface area contributed by atoms with Crippen molar-refractivity contribution >= 4 is 33.0 Å². The van der Waals surface area contributed by atoms with Crippen molar-refractivity contribution in [3.8, 4) is 0 Å². The first-order chi connectivity index (χ1) is 13.8. The summed E-state index contributed by atoms with van der Waals surface area (Å²) in [6.07, 6.45) is 7.01. The lowest BCUT2D eigenvalue weighted by molar-refractivity contribution is 0.103. The van der Waals surface area contributed by atoms with E-state index in [9.17, 15) is 13.2 Å². The predicted octanol–water partition coefficient (Wildman–Crippen LogP) is 4.61. The summed E-state index contributed by atoms with van der Waals surface area (Å²) in [5, 5.41) is 3.81. The van der Waals surface area contributed by atoms with Gasteiger partial charge in [-0.3, -0.25) is 4.79 Å². The summed E-state index contributed by atoms with van der Waals surface area (Å²) >= 11 is 1.41. The molecule has 0 bridgehead atoms. The Morgan fingerprint density at radius 3 is 2.48 bits per heavy atom. The average Bonchev–Trinajstić information content (AvgIpc) is 3.09. The van der Waals surface area contributed by atoms with E-state index in [1.807, 2.05) is 6.92 Å². The Hall–Kier alpha value is -1.77. The SMILES string of the molecule is CCCc1nc(C)c(C(=O)Nc2ccc(S(=O)(=O)N(C)C3CCCCC3)cc2)s1. The van der Waals surface area contributed by atoms with Gasteiger partial charge < -0.3 is 5.32 Å². The highest BCUT2D eigenvalue weighted by atomic mass is 32.2. The Kier molecular flexibility index (Phi) is 7.08. The lowest BCUT2D eigenvalue weighted by Gasteiger charge is -2.30. The van der Waals surface area contributed by atoms with Crippen molar-refractivity contribution in [3.05, 3.63) is 39.8 Å². The smallest absolute Gasteiger partial charge is 0.267 e. The van der Waals surface area contributed by atoms with E-state index in [1.54, 1.807) is 31.3 Å². The molecular weight excluding hydrogens is 406 g/mol. The van der Waals surface area contributed by atoms with Crippen LogP contribution in [0.3, 0.4) is 0 Å². The highest BCUT2D eigenvalue weighted by Gasteiger charge is 2.29. The van der Waals surface area contributed by atoms with Gasteiger partial charge in [0.1, 0.15) is 4.88 Å². The van der Waals surface area contributed by atoms with E-state index in [-0.39, 0.29) is 16.8 Å². The van der Waals surface area contributed by atoms with Crippen LogP contribution in [0.15, 0.2) is 29.2 Å². The fourth-order valence-corrected chi connectivity index (χ4v) is 6.17. The summed E-state index contributed by atoms with van der Waals surface area (Å²) in [6.45, 7) is 3.92. The quantitative estimate of drug-likeness (QED) is 0.689. The summed E-state index contributed by atoms with van der Waals surface area (Å²) in [5.41, 5.74) is 1.29. The monoisotopic (exact) mass is 435 g/mol. The summed E-state index contributed by atoms with van der Waals surface area (Å²) in [4.78, 5) is 17.9. The fraction of sp³-hybridized carbons (Fsp3) is 0.524. The van der Waals surface area contributed by atoms with Gasteiger partial charge in [0.15, 0.2) is 0 Å². The fourth-order valence-electron chi connectivity index (χ4n) is 3.69. The standard InChI is InChI=1S/C21H29N3O3S2/c1-4-8-19-22-15(2)20(28-19)21(25)23-16-11-13-18(14-12-16)29(26,27)24(3)17-9-6-5-7-10-17/h11-14,17H,4-10H2,1-3H3,(H,23,25). The number of nitrogens with zero attached hydrogens (tertiary/aromatic N) is 2. The number of rotatable bonds is 7. The number of amides is 1. The Bertz CT molecular complexity index is 946. The van der Waals surface area contributed by atoms with Crippen molar-refractivity contribution < 1.29 is 13.2 Å². The molecule has 2 aromatic rings. The number of hydrogen-bond acceptors (Lipinski definition) is 5. The predicted molar refractivity (Wildman–Crippen MR) is 117 cm³/mol. The first-order valence-corrected chi connectivity index (χ1v) is 12.4. The lowest BCUT2D eigenvalue weighted by Crippen LogP contribution is -2.38. The molecule has 1 amide bonds. The second kappa shape index (κ2) is 9.36. The molecule has 6 nitrogen and oxygen atoms in total. The van der Waals surface area contributed by atoms with Crippen LogP contribution in [-0.2, 0) is 16.4 Å². The van der Waals surface area contributed by atoms with Crippen LogP contribution in [-0.4, -0.2) is 36.7 Å². The molecule has 0 saturated heterocycles. The molecule has 0 radical (unpaired) electrons. The Morgan fingerprint density at radius 1 is 1.21 bits per heavy atom. The lowest BCUT2D eigenvalue weighted by atomic mass is 9.96. The number of anilines is 1. The van der Waals surface area contributed by atoms with Gasteiger partial charge in [0.25, 0.3) is 5.91 Å². The zero-order valence-corrected chi connectivity index (χ0v) is 18.9. The molecule has 29 heavy (non-hydrogen) atoms. The molecule has 8 heteroatoms. The molecule has 1 fully saturated rings. The number of sulfonamides is 1. The maximum Gasteiger partial charge on any atom is 0.267 e. The van der Waals surface area contributed by atoms with Gasteiger partial charge in [-0.1, -0.05) is 26.2 Å². The molecule has 1 heterocycles. The van der Waals surface area contributed by atoms with E-state index in [1.165, 1.54) is 22.1 Å². The van der Waals surface area contributed by atoms with Crippen LogP contribution >= 0.6 is 11.3 Å². The number of thiazole rings is 1. The molecule has 1 aliphatic rings. The van der Waals surface area contributed by atoms with E-state index in [0.717, 1.165) is 49.2 Å². The average molecular weight is 436 g/mol. The van der Waals surface area contributed by atoms with Crippen molar-refractivity contribution in [1.82, 2.24) is 9.29 Å². The van der Waals surface area contributed by atoms with Crippen LogP contribution in [0.4, 0.5) is 5.69 Å². The molecule has 1 saturated carbocycles. The molecule has 158 valence electrons. The Morgan fingerprint density at radius 2 is 1.86 bits per heavy atom. The second-order valence-corrected chi connectivity index (χ2v) is 10.6. The van der Waals surface area contributed by atoms with E-state index >= 15 is 0 Å². The van der Waals surface area contributed by atoms with Crippen LogP contribution < -0.4 is 5.32 Å². The third-order valence-corrected chi connectivity index (χ3v) is 8.53. The third-order valence-electron chi connectivity index (χ3n) is 5.39. The summed E-state index contributed by atoms with van der Waals surface area (Å²) in [5.74, 6) is -0.211. The molecule has 0 spiro atoms. The van der Waals surface area contributed by atoms with Gasteiger partial charge in [-0.15, -0.1) is 11.3 Å². The maximum absolute atomic E-state index is 12.9. The summed E-state index contributed by atoms with van der Waals surface area (Å²) in [6, 6.07) is 6.48. The van der Waals surface area contributed by atoms with Crippen LogP contribution in [0.1, 0.15) is 65.8 Å². The number of nitrogens with one attached hydrogen (secondary N) is 1. The van der Waals surface area contributed by atoms with E-state index in [4.69, 9.17) is 0 Å². The molecule has 3 rings (SSSR count). The van der Waals surface area contributed by atoms with Crippen molar-refractivity contribution in [2.24, 2.45) is 0 Å². The molecule has 0 unspecified atom stereocenters. The summed E-state index contributed by atoms with van der Waals surface area (Å²) < 4.78 is 27.4. The number of benzene rings is 1. The van der Waals surface area contributed by atoms with Gasteiger partial charge in [-0.05, 0) is 56.9 Å². The van der Waals surface area contributed by atoms with E-state index in [2.05, 4.69) is 17.2 Å². The number of aromatic nitrogens is 1. The van der Waals surface area contributed by atoms with Crippen LogP contribution in [0.5, 0.6) is 0 Å². The van der Waals surface area contributed by atoms with Gasteiger partial charge in [-0.2, -0.15) is 4.31 Å². The van der Waals surface area contributed by atoms with Crippen molar-refractivity contribution in [2.75, 3.05) is 12.4 Å². The largest absolute Gasteiger partial charge is 0.321 e. The minimum Gasteiger partial charge on any atom is -0.321 e.